The fraction of sp³-hybridized carbons (Fsp3) is 0.364. The van der Waals surface area contributed by atoms with Crippen LogP contribution in [0.1, 0.15) is 22.7 Å². The molecular formula is C22H22F3N5O3S. The lowest BCUT2D eigenvalue weighted by Crippen LogP contribution is -2.33. The Morgan fingerprint density at radius 3 is 2.85 bits per heavy atom. The third-order valence-corrected chi connectivity index (χ3v) is 6.61. The molecule has 1 fully saturated rings. The molecule has 1 atom stereocenters. The number of esters is 1. The van der Waals surface area contributed by atoms with Gasteiger partial charge in [-0.25, -0.2) is 15.0 Å². The first-order chi connectivity index (χ1) is 16.1. The van der Waals surface area contributed by atoms with Crippen LogP contribution in [-0.2, 0) is 21.3 Å². The van der Waals surface area contributed by atoms with Gasteiger partial charge in [0.15, 0.2) is 0 Å². The summed E-state index contributed by atoms with van der Waals surface area (Å²) >= 11 is 1.33. The molecule has 1 saturated heterocycles. The number of hydrogen-bond donors (Lipinski definition) is 2. The summed E-state index contributed by atoms with van der Waals surface area (Å²) in [4.78, 5) is 26.0. The molecule has 1 unspecified atom stereocenters. The smallest absolute Gasteiger partial charge is 0.433 e. The summed E-state index contributed by atoms with van der Waals surface area (Å²) < 4.78 is 43.5. The van der Waals surface area contributed by atoms with E-state index in [1.165, 1.54) is 18.4 Å². The van der Waals surface area contributed by atoms with Gasteiger partial charge in [-0.2, -0.15) is 13.2 Å². The van der Waals surface area contributed by atoms with Gasteiger partial charge in [-0.3, -0.25) is 9.69 Å². The van der Waals surface area contributed by atoms with E-state index in [1.54, 1.807) is 18.3 Å². The second-order valence-corrected chi connectivity index (χ2v) is 9.10. The average molecular weight is 494 g/mol. The summed E-state index contributed by atoms with van der Waals surface area (Å²) in [6.07, 6.45) is -1.43. The van der Waals surface area contributed by atoms with Gasteiger partial charge in [-0.15, -0.1) is 11.3 Å². The number of ether oxygens (including phenoxy) is 1. The Labute approximate surface area is 197 Å². The Morgan fingerprint density at radius 2 is 2.12 bits per heavy atom. The number of anilines is 2. The van der Waals surface area contributed by atoms with Crippen molar-refractivity contribution >= 4 is 28.9 Å². The van der Waals surface area contributed by atoms with E-state index in [-0.39, 0.29) is 25.0 Å². The highest BCUT2D eigenvalue weighted by Crippen LogP contribution is 2.38. The Bertz CT molecular complexity index is 1200. The molecule has 8 nitrogen and oxygen atoms in total. The fourth-order valence-corrected chi connectivity index (χ4v) is 4.77. The fourth-order valence-electron chi connectivity index (χ4n) is 3.75. The van der Waals surface area contributed by atoms with Crippen molar-refractivity contribution in [2.24, 2.45) is 0 Å². The number of aliphatic hydroxyl groups is 1. The number of alkyl halides is 3. The number of β-amino-alcohol motifs (C(OH)–C–C–N with tert-alkyl or cyclic N) is 1. The number of likely N-dealkylation sites (tertiary alicyclic amines) is 1. The Hall–Kier alpha value is -3.09. The van der Waals surface area contributed by atoms with Crippen molar-refractivity contribution in [3.05, 3.63) is 52.9 Å². The minimum Gasteiger partial charge on any atom is -0.468 e. The summed E-state index contributed by atoms with van der Waals surface area (Å²) in [5.74, 6) is -0.532. The zero-order valence-corrected chi connectivity index (χ0v) is 19.2. The number of hydrogen-bond acceptors (Lipinski definition) is 9. The Balaban J connectivity index is 1.54. The molecule has 0 spiro atoms. The minimum atomic E-state index is -4.57. The van der Waals surface area contributed by atoms with Crippen LogP contribution >= 0.6 is 11.3 Å². The molecule has 1 aliphatic rings. The Kier molecular flexibility index (Phi) is 6.56. The van der Waals surface area contributed by atoms with E-state index in [4.69, 9.17) is 4.74 Å². The lowest BCUT2D eigenvalue weighted by Gasteiger charge is -2.20. The number of carbonyl (C=O) groups excluding carboxylic acids is 1. The van der Waals surface area contributed by atoms with Crippen molar-refractivity contribution in [2.45, 2.75) is 25.1 Å². The standard InChI is InChI=1S/C22H22F3N5O3S/c1-13-7-14(9-15(8-13)28-20-26-5-3-17(29-20)22(23,24)25)16-10-27-19(34-16)21(32)4-6-30(12-21)11-18(31)33-2/h3,5,7-10,32H,4,6,11-12H2,1-2H3,(H,26,28,29). The van der Waals surface area contributed by atoms with Gasteiger partial charge >= 0.3 is 12.1 Å². The predicted octanol–water partition coefficient (Wildman–Crippen LogP) is 3.74. The number of benzene rings is 1. The van der Waals surface area contributed by atoms with Gasteiger partial charge in [0.05, 0.1) is 18.5 Å². The van der Waals surface area contributed by atoms with E-state index in [9.17, 15) is 23.1 Å². The number of thiazole rings is 1. The molecule has 4 rings (SSSR count). The topological polar surface area (TPSA) is 100 Å². The molecular weight excluding hydrogens is 471 g/mol. The van der Waals surface area contributed by atoms with E-state index in [0.29, 0.717) is 23.7 Å². The van der Waals surface area contributed by atoms with Crippen LogP contribution in [0, 0.1) is 6.92 Å². The van der Waals surface area contributed by atoms with Crippen LogP contribution in [0.15, 0.2) is 36.7 Å². The maximum absolute atomic E-state index is 13.0. The highest BCUT2D eigenvalue weighted by Gasteiger charge is 2.41. The van der Waals surface area contributed by atoms with Crippen molar-refractivity contribution < 1.29 is 27.8 Å². The second-order valence-electron chi connectivity index (χ2n) is 8.07. The molecule has 1 aromatic carbocycles. The van der Waals surface area contributed by atoms with Crippen LogP contribution < -0.4 is 5.32 Å². The molecule has 0 saturated carbocycles. The number of nitrogens with one attached hydrogen (secondary N) is 1. The van der Waals surface area contributed by atoms with Crippen molar-refractivity contribution in [2.75, 3.05) is 32.1 Å². The van der Waals surface area contributed by atoms with Gasteiger partial charge in [0.1, 0.15) is 16.3 Å². The van der Waals surface area contributed by atoms with Gasteiger partial charge in [0.2, 0.25) is 5.95 Å². The van der Waals surface area contributed by atoms with Crippen LogP contribution in [-0.4, -0.2) is 57.7 Å². The summed E-state index contributed by atoms with van der Waals surface area (Å²) in [6, 6.07) is 6.25. The third kappa shape index (κ3) is 5.34. The molecule has 0 amide bonds. The largest absolute Gasteiger partial charge is 0.468 e. The zero-order chi connectivity index (χ0) is 24.5. The minimum absolute atomic E-state index is 0.0988. The van der Waals surface area contributed by atoms with Gasteiger partial charge in [-0.05, 0) is 42.7 Å². The van der Waals surface area contributed by atoms with Crippen molar-refractivity contribution in [3.63, 3.8) is 0 Å². The van der Waals surface area contributed by atoms with Gasteiger partial charge in [0, 0.05) is 31.2 Å². The Morgan fingerprint density at radius 1 is 1.32 bits per heavy atom. The van der Waals surface area contributed by atoms with E-state index in [0.717, 1.165) is 28.3 Å². The molecule has 2 N–H and O–H groups in total. The molecule has 0 radical (unpaired) electrons. The lowest BCUT2D eigenvalue weighted by atomic mass is 10.1. The van der Waals surface area contributed by atoms with Crippen LogP contribution in [0.4, 0.5) is 24.8 Å². The molecule has 12 heteroatoms. The summed E-state index contributed by atoms with van der Waals surface area (Å²) in [5.41, 5.74) is -0.0330. The van der Waals surface area contributed by atoms with Crippen LogP contribution in [0.2, 0.25) is 0 Å². The van der Waals surface area contributed by atoms with Crippen LogP contribution in [0.5, 0.6) is 0 Å². The third-order valence-electron chi connectivity index (χ3n) is 5.37. The van der Waals surface area contributed by atoms with Crippen molar-refractivity contribution in [3.8, 4) is 10.4 Å². The predicted molar refractivity (Wildman–Crippen MR) is 120 cm³/mol. The number of methoxy groups -OCH3 is 1. The lowest BCUT2D eigenvalue weighted by molar-refractivity contribution is -0.142. The molecule has 180 valence electrons. The molecule has 0 aliphatic carbocycles. The first-order valence-electron chi connectivity index (χ1n) is 10.3. The number of aromatic nitrogens is 3. The van der Waals surface area contributed by atoms with Gasteiger partial charge in [-0.1, -0.05) is 6.07 Å². The molecule has 3 aromatic rings. The van der Waals surface area contributed by atoms with Gasteiger partial charge < -0.3 is 15.2 Å². The van der Waals surface area contributed by atoms with E-state index < -0.39 is 17.5 Å². The number of rotatable bonds is 6. The summed E-state index contributed by atoms with van der Waals surface area (Å²) in [6.45, 7) is 2.76. The van der Waals surface area contributed by atoms with E-state index in [2.05, 4.69) is 20.3 Å². The van der Waals surface area contributed by atoms with Crippen LogP contribution in [0.3, 0.4) is 0 Å². The molecule has 3 heterocycles. The summed E-state index contributed by atoms with van der Waals surface area (Å²) in [7, 11) is 1.32. The molecule has 2 aromatic heterocycles. The first-order valence-corrected chi connectivity index (χ1v) is 11.1. The number of carbonyl (C=O) groups is 1. The SMILES string of the molecule is COC(=O)CN1CCC(O)(c2ncc(-c3cc(C)cc(Nc4nccc(C(F)(F)F)n4)c3)s2)C1. The van der Waals surface area contributed by atoms with E-state index >= 15 is 0 Å². The molecule has 0 bridgehead atoms. The van der Waals surface area contributed by atoms with E-state index in [1.807, 2.05) is 17.9 Å². The van der Waals surface area contributed by atoms with Crippen molar-refractivity contribution in [1.29, 1.82) is 0 Å². The number of nitrogens with zero attached hydrogens (tertiary/aromatic N) is 4. The highest BCUT2D eigenvalue weighted by atomic mass is 32.1. The first kappa shape index (κ1) is 24.0. The average Bonchev–Trinajstić information content (AvgIpc) is 3.41. The normalized spacial score (nSPS) is 18.8. The van der Waals surface area contributed by atoms with Crippen LogP contribution in [0.25, 0.3) is 10.4 Å². The maximum atomic E-state index is 13.0. The molecule has 34 heavy (non-hydrogen) atoms. The summed E-state index contributed by atoms with van der Waals surface area (Å²) in [5, 5.41) is 14.5. The quantitative estimate of drug-likeness (QED) is 0.501. The molecule has 1 aliphatic heterocycles. The highest BCUT2D eigenvalue weighted by molar-refractivity contribution is 7.15. The monoisotopic (exact) mass is 493 g/mol. The number of halogens is 3. The zero-order valence-electron chi connectivity index (χ0n) is 18.4. The maximum Gasteiger partial charge on any atom is 0.433 e. The van der Waals surface area contributed by atoms with Gasteiger partial charge in [0.25, 0.3) is 0 Å². The second kappa shape index (κ2) is 9.28. The van der Waals surface area contributed by atoms with Crippen molar-refractivity contribution in [1.82, 2.24) is 19.9 Å². The number of aryl methyl sites for hydroxylation is 1.